The number of nitrogens with one attached hydrogen (secondary N) is 1. The molecule has 0 radical (unpaired) electrons. The number of hydrogen-bond acceptors (Lipinski definition) is 4. The van der Waals surface area contributed by atoms with Gasteiger partial charge in [-0.1, -0.05) is 12.1 Å². The summed E-state index contributed by atoms with van der Waals surface area (Å²) < 4.78 is 22.7. The van der Waals surface area contributed by atoms with Gasteiger partial charge in [-0.2, -0.15) is 0 Å². The van der Waals surface area contributed by atoms with E-state index in [0.29, 0.717) is 17.9 Å². The minimum Gasteiger partial charge on any atom is -0.349 e. The molecule has 0 aliphatic heterocycles. The highest BCUT2D eigenvalue weighted by Crippen LogP contribution is 2.16. The summed E-state index contributed by atoms with van der Waals surface area (Å²) >= 11 is 0. The third-order valence-electron chi connectivity index (χ3n) is 3.10. The predicted octanol–water partition coefficient (Wildman–Crippen LogP) is 1.22. The molecule has 0 bridgehead atoms. The molecule has 0 aliphatic rings. The van der Waals surface area contributed by atoms with Crippen LogP contribution in [-0.2, 0) is 14.6 Å². The Bertz CT molecular complexity index is 550. The highest BCUT2D eigenvalue weighted by Gasteiger charge is 2.10. The number of amides is 1. The first-order valence-corrected chi connectivity index (χ1v) is 8.34. The standard InChI is InChI=1S/C14H22N2O3S/c1-11(15-10-9-14(17)16(2)3)12-5-7-13(8-6-12)20(4,18)19/h5-8,11,15H,9-10H2,1-4H3. The second kappa shape index (κ2) is 6.85. The molecule has 5 nitrogen and oxygen atoms in total. The van der Waals surface area contributed by atoms with Crippen LogP contribution >= 0.6 is 0 Å². The number of rotatable bonds is 6. The zero-order valence-electron chi connectivity index (χ0n) is 12.4. The molecule has 1 rings (SSSR count). The lowest BCUT2D eigenvalue weighted by Gasteiger charge is -2.16. The minimum atomic E-state index is -3.15. The predicted molar refractivity (Wildman–Crippen MR) is 79.3 cm³/mol. The van der Waals surface area contributed by atoms with Crippen LogP contribution in [0.25, 0.3) is 0 Å². The second-order valence-electron chi connectivity index (χ2n) is 5.06. The number of nitrogens with zero attached hydrogens (tertiary/aromatic N) is 1. The first-order valence-electron chi connectivity index (χ1n) is 6.45. The van der Waals surface area contributed by atoms with Gasteiger partial charge >= 0.3 is 0 Å². The van der Waals surface area contributed by atoms with E-state index >= 15 is 0 Å². The number of carbonyl (C=O) groups excluding carboxylic acids is 1. The molecule has 1 amide bonds. The van der Waals surface area contributed by atoms with Crippen LogP contribution in [-0.4, -0.2) is 46.1 Å². The van der Waals surface area contributed by atoms with Gasteiger partial charge in [-0.3, -0.25) is 4.79 Å². The Morgan fingerprint density at radius 3 is 2.25 bits per heavy atom. The van der Waals surface area contributed by atoms with Crippen molar-refractivity contribution in [1.29, 1.82) is 0 Å². The summed E-state index contributed by atoms with van der Waals surface area (Å²) in [6, 6.07) is 6.87. The summed E-state index contributed by atoms with van der Waals surface area (Å²) in [4.78, 5) is 13.3. The summed E-state index contributed by atoms with van der Waals surface area (Å²) in [5.41, 5.74) is 0.995. The fourth-order valence-electron chi connectivity index (χ4n) is 1.74. The molecule has 0 heterocycles. The molecule has 1 aromatic carbocycles. The summed E-state index contributed by atoms with van der Waals surface area (Å²) in [5.74, 6) is 0.0807. The SMILES string of the molecule is CC(NCCC(=O)N(C)C)c1ccc(S(C)(=O)=O)cc1. The largest absolute Gasteiger partial charge is 0.349 e. The fourth-order valence-corrected chi connectivity index (χ4v) is 2.37. The van der Waals surface area contributed by atoms with Crippen molar-refractivity contribution >= 4 is 15.7 Å². The third-order valence-corrected chi connectivity index (χ3v) is 4.22. The van der Waals surface area contributed by atoms with Crippen LogP contribution in [0.15, 0.2) is 29.2 Å². The quantitative estimate of drug-likeness (QED) is 0.857. The Hall–Kier alpha value is -1.40. The average Bonchev–Trinajstić information content (AvgIpc) is 2.37. The van der Waals surface area contributed by atoms with E-state index in [1.807, 2.05) is 6.92 Å². The van der Waals surface area contributed by atoms with Crippen LogP contribution in [0, 0.1) is 0 Å². The van der Waals surface area contributed by atoms with Crippen molar-refractivity contribution in [3.63, 3.8) is 0 Å². The number of benzene rings is 1. The number of sulfone groups is 1. The minimum absolute atomic E-state index is 0.0681. The Kier molecular flexibility index (Phi) is 5.71. The lowest BCUT2D eigenvalue weighted by Crippen LogP contribution is -2.28. The average molecular weight is 298 g/mol. The maximum Gasteiger partial charge on any atom is 0.223 e. The van der Waals surface area contributed by atoms with Crippen molar-refractivity contribution in [1.82, 2.24) is 10.2 Å². The normalized spacial score (nSPS) is 13.0. The smallest absolute Gasteiger partial charge is 0.223 e. The highest BCUT2D eigenvalue weighted by molar-refractivity contribution is 7.90. The van der Waals surface area contributed by atoms with Crippen molar-refractivity contribution in [3.05, 3.63) is 29.8 Å². The fraction of sp³-hybridized carbons (Fsp3) is 0.500. The summed E-state index contributed by atoms with van der Waals surface area (Å²) in [5, 5.41) is 3.25. The van der Waals surface area contributed by atoms with Gasteiger partial charge in [-0.05, 0) is 24.6 Å². The molecule has 0 aliphatic carbocycles. The summed E-state index contributed by atoms with van der Waals surface area (Å²) in [6.45, 7) is 2.57. The van der Waals surface area contributed by atoms with Gasteiger partial charge < -0.3 is 10.2 Å². The molecule has 1 N–H and O–H groups in total. The maximum atomic E-state index is 11.4. The van der Waals surface area contributed by atoms with E-state index in [0.717, 1.165) is 5.56 Å². The Labute approximate surface area is 120 Å². The van der Waals surface area contributed by atoms with E-state index in [1.165, 1.54) is 6.26 Å². The molecule has 1 atom stereocenters. The van der Waals surface area contributed by atoms with Gasteiger partial charge in [0.05, 0.1) is 4.90 Å². The summed E-state index contributed by atoms with van der Waals surface area (Å²) in [7, 11) is 0.310. The molecular weight excluding hydrogens is 276 g/mol. The van der Waals surface area contributed by atoms with Crippen molar-refractivity contribution in [2.75, 3.05) is 26.9 Å². The molecule has 0 saturated carbocycles. The van der Waals surface area contributed by atoms with Gasteiger partial charge in [0.15, 0.2) is 9.84 Å². The summed E-state index contributed by atoms with van der Waals surface area (Å²) in [6.07, 6.45) is 1.63. The van der Waals surface area contributed by atoms with E-state index < -0.39 is 9.84 Å². The van der Waals surface area contributed by atoms with Gasteiger partial charge in [-0.25, -0.2) is 8.42 Å². The van der Waals surface area contributed by atoms with Crippen LogP contribution in [0.1, 0.15) is 24.9 Å². The number of carbonyl (C=O) groups is 1. The van der Waals surface area contributed by atoms with Crippen molar-refractivity contribution in [2.24, 2.45) is 0 Å². The molecule has 0 fully saturated rings. The van der Waals surface area contributed by atoms with E-state index in [1.54, 1.807) is 43.3 Å². The third kappa shape index (κ3) is 4.94. The van der Waals surface area contributed by atoms with Gasteiger partial charge in [0, 0.05) is 39.4 Å². The monoisotopic (exact) mass is 298 g/mol. The molecule has 1 unspecified atom stereocenters. The van der Waals surface area contributed by atoms with Crippen LogP contribution < -0.4 is 5.32 Å². The Morgan fingerprint density at radius 1 is 1.25 bits per heavy atom. The highest BCUT2D eigenvalue weighted by atomic mass is 32.2. The van der Waals surface area contributed by atoms with Gasteiger partial charge in [-0.15, -0.1) is 0 Å². The van der Waals surface area contributed by atoms with Crippen LogP contribution in [0.2, 0.25) is 0 Å². The molecule has 20 heavy (non-hydrogen) atoms. The Balaban J connectivity index is 2.56. The van der Waals surface area contributed by atoms with Gasteiger partial charge in [0.1, 0.15) is 0 Å². The van der Waals surface area contributed by atoms with Crippen molar-refractivity contribution in [2.45, 2.75) is 24.3 Å². The lowest BCUT2D eigenvalue weighted by molar-refractivity contribution is -0.128. The Morgan fingerprint density at radius 2 is 1.80 bits per heavy atom. The van der Waals surface area contributed by atoms with Crippen LogP contribution in [0.4, 0.5) is 0 Å². The zero-order valence-corrected chi connectivity index (χ0v) is 13.2. The van der Waals surface area contributed by atoms with Crippen molar-refractivity contribution in [3.8, 4) is 0 Å². The molecule has 0 aromatic heterocycles. The molecule has 1 aromatic rings. The number of hydrogen-bond donors (Lipinski definition) is 1. The second-order valence-corrected chi connectivity index (χ2v) is 7.07. The van der Waals surface area contributed by atoms with E-state index in [4.69, 9.17) is 0 Å². The van der Waals surface area contributed by atoms with E-state index in [9.17, 15) is 13.2 Å². The zero-order chi connectivity index (χ0) is 15.3. The molecular formula is C14H22N2O3S. The van der Waals surface area contributed by atoms with Gasteiger partial charge in [0.2, 0.25) is 5.91 Å². The lowest BCUT2D eigenvalue weighted by atomic mass is 10.1. The molecule has 6 heteroatoms. The van der Waals surface area contributed by atoms with Crippen LogP contribution in [0.5, 0.6) is 0 Å². The van der Waals surface area contributed by atoms with Crippen LogP contribution in [0.3, 0.4) is 0 Å². The van der Waals surface area contributed by atoms with E-state index in [-0.39, 0.29) is 11.9 Å². The van der Waals surface area contributed by atoms with E-state index in [2.05, 4.69) is 5.32 Å². The molecule has 0 saturated heterocycles. The first kappa shape index (κ1) is 16.7. The first-order chi connectivity index (χ1) is 9.21. The topological polar surface area (TPSA) is 66.5 Å². The molecule has 112 valence electrons. The maximum absolute atomic E-state index is 11.4. The van der Waals surface area contributed by atoms with Crippen molar-refractivity contribution < 1.29 is 13.2 Å². The molecule has 0 spiro atoms. The van der Waals surface area contributed by atoms with Gasteiger partial charge in [0.25, 0.3) is 0 Å².